The number of rotatable bonds is 5. The Balaban J connectivity index is 2.18. The molecule has 0 amide bonds. The molecule has 0 fully saturated rings. The number of ketones is 1. The van der Waals surface area contributed by atoms with Gasteiger partial charge in [0.25, 0.3) is 0 Å². The summed E-state index contributed by atoms with van der Waals surface area (Å²) >= 11 is 5.50. The van der Waals surface area contributed by atoms with Crippen LogP contribution in [0.4, 0.5) is 0 Å². The van der Waals surface area contributed by atoms with E-state index < -0.39 is 21.4 Å². The van der Waals surface area contributed by atoms with Gasteiger partial charge in [-0.05, 0) is 30.7 Å². The predicted molar refractivity (Wildman–Crippen MR) is 65.8 cm³/mol. The number of nitrogens with zero attached hydrogens (tertiary/aromatic N) is 3. The van der Waals surface area contributed by atoms with E-state index >= 15 is 0 Å². The van der Waals surface area contributed by atoms with Gasteiger partial charge in [0, 0.05) is 0 Å². The third kappa shape index (κ3) is 3.02. The quantitative estimate of drug-likeness (QED) is 0.770. The summed E-state index contributed by atoms with van der Waals surface area (Å²) in [4.78, 5) is 13.1. The minimum atomic E-state index is -3.86. The molecular formula is C10H10ClN3O4S. The Morgan fingerprint density at radius 3 is 2.74 bits per heavy atom. The Kier molecular flexibility index (Phi) is 3.72. The molecule has 0 bridgehead atoms. The van der Waals surface area contributed by atoms with Crippen molar-refractivity contribution in [2.75, 3.05) is 5.75 Å². The summed E-state index contributed by atoms with van der Waals surface area (Å²) in [6.07, 6.45) is 1.23. The van der Waals surface area contributed by atoms with Crippen LogP contribution in [0.2, 0.25) is 5.22 Å². The lowest BCUT2D eigenvalue weighted by atomic mass is 10.3. The van der Waals surface area contributed by atoms with Crippen molar-refractivity contribution in [1.29, 1.82) is 0 Å². The van der Waals surface area contributed by atoms with Crippen LogP contribution >= 0.6 is 11.6 Å². The van der Waals surface area contributed by atoms with Crippen LogP contribution in [-0.2, 0) is 16.4 Å². The van der Waals surface area contributed by atoms with Crippen molar-refractivity contribution >= 4 is 27.2 Å². The zero-order valence-electron chi connectivity index (χ0n) is 9.91. The van der Waals surface area contributed by atoms with Crippen molar-refractivity contribution in [3.05, 3.63) is 29.2 Å². The highest BCUT2D eigenvalue weighted by molar-refractivity contribution is 7.92. The van der Waals surface area contributed by atoms with Gasteiger partial charge in [0.1, 0.15) is 11.4 Å². The molecule has 2 aromatic heterocycles. The monoisotopic (exact) mass is 303 g/mol. The highest BCUT2D eigenvalue weighted by Gasteiger charge is 2.25. The van der Waals surface area contributed by atoms with Crippen LogP contribution in [0.3, 0.4) is 0 Å². The summed E-state index contributed by atoms with van der Waals surface area (Å²) in [6.45, 7) is 2.30. The van der Waals surface area contributed by atoms with Crippen molar-refractivity contribution in [3.63, 3.8) is 0 Å². The van der Waals surface area contributed by atoms with Crippen molar-refractivity contribution in [3.8, 4) is 0 Å². The Bertz CT molecular complexity index is 704. The van der Waals surface area contributed by atoms with Crippen LogP contribution < -0.4 is 0 Å². The molecule has 0 unspecified atom stereocenters. The van der Waals surface area contributed by atoms with Gasteiger partial charge in [0.15, 0.2) is 11.0 Å². The van der Waals surface area contributed by atoms with Crippen molar-refractivity contribution < 1.29 is 17.6 Å². The van der Waals surface area contributed by atoms with Gasteiger partial charge in [-0.25, -0.2) is 8.42 Å². The number of hydrogen-bond donors (Lipinski definition) is 0. The molecule has 2 heterocycles. The molecular weight excluding hydrogens is 294 g/mol. The lowest BCUT2D eigenvalue weighted by Crippen LogP contribution is -2.16. The summed E-state index contributed by atoms with van der Waals surface area (Å²) in [7, 11) is -3.86. The number of furan rings is 1. The van der Waals surface area contributed by atoms with Gasteiger partial charge < -0.3 is 4.42 Å². The predicted octanol–water partition coefficient (Wildman–Crippen LogP) is 1.20. The zero-order valence-corrected chi connectivity index (χ0v) is 11.5. The van der Waals surface area contributed by atoms with E-state index in [1.54, 1.807) is 6.92 Å². The van der Waals surface area contributed by atoms with E-state index in [1.807, 2.05) is 0 Å². The Morgan fingerprint density at radius 2 is 2.21 bits per heavy atom. The number of carbonyl (C=O) groups is 1. The first-order valence-corrected chi connectivity index (χ1v) is 7.37. The van der Waals surface area contributed by atoms with Crippen molar-refractivity contribution in [2.45, 2.75) is 18.6 Å². The number of aryl methyl sites for hydroxylation is 1. The molecule has 9 heteroatoms. The number of Topliss-reactive ketones (excluding diaryl/α,β-unsaturated/α-hetero) is 1. The minimum Gasteiger partial charge on any atom is -0.433 e. The smallest absolute Gasteiger partial charge is 0.220 e. The molecule has 2 aromatic rings. The van der Waals surface area contributed by atoms with E-state index in [1.165, 1.54) is 23.1 Å². The van der Waals surface area contributed by atoms with Gasteiger partial charge in [0.2, 0.25) is 14.9 Å². The maximum absolute atomic E-state index is 11.9. The molecule has 0 aliphatic heterocycles. The number of aromatic nitrogens is 3. The normalized spacial score (nSPS) is 11.7. The molecule has 0 aliphatic carbocycles. The lowest BCUT2D eigenvalue weighted by Gasteiger charge is -1.98. The van der Waals surface area contributed by atoms with Crippen LogP contribution in [0.1, 0.15) is 17.4 Å². The number of sulfone groups is 1. The highest BCUT2D eigenvalue weighted by Crippen LogP contribution is 2.19. The molecule has 0 radical (unpaired) electrons. The Morgan fingerprint density at radius 1 is 1.47 bits per heavy atom. The molecule has 0 N–H and O–H groups in total. The topological polar surface area (TPSA) is 95.1 Å². The first-order valence-electron chi connectivity index (χ1n) is 5.34. The van der Waals surface area contributed by atoms with Crippen molar-refractivity contribution in [2.24, 2.45) is 0 Å². The zero-order chi connectivity index (χ0) is 14.0. The van der Waals surface area contributed by atoms with E-state index in [0.29, 0.717) is 6.54 Å². The van der Waals surface area contributed by atoms with Crippen molar-refractivity contribution in [1.82, 2.24) is 15.0 Å². The van der Waals surface area contributed by atoms with Gasteiger partial charge in [-0.2, -0.15) is 15.0 Å². The standard InChI is InChI=1S/C10H10ClN3O4S/c1-2-14-12-5-7(13-14)8(15)6-19(16,17)10-4-3-9(11)18-10/h3-5H,2,6H2,1H3. The van der Waals surface area contributed by atoms with Gasteiger partial charge in [-0.3, -0.25) is 4.79 Å². The maximum atomic E-state index is 11.9. The lowest BCUT2D eigenvalue weighted by molar-refractivity contribution is 0.101. The van der Waals surface area contributed by atoms with Gasteiger partial charge in [0.05, 0.1) is 12.7 Å². The second-order valence-corrected chi connectivity index (χ2v) is 5.95. The summed E-state index contributed by atoms with van der Waals surface area (Å²) in [6, 6.07) is 2.50. The molecule has 19 heavy (non-hydrogen) atoms. The average Bonchev–Trinajstić information content (AvgIpc) is 2.96. The van der Waals surface area contributed by atoms with E-state index in [0.717, 1.165) is 0 Å². The molecule has 7 nitrogen and oxygen atoms in total. The maximum Gasteiger partial charge on any atom is 0.220 e. The van der Waals surface area contributed by atoms with Crippen LogP contribution in [0.5, 0.6) is 0 Å². The average molecular weight is 304 g/mol. The van der Waals surface area contributed by atoms with E-state index in [-0.39, 0.29) is 16.0 Å². The SMILES string of the molecule is CCn1ncc(C(=O)CS(=O)(=O)c2ccc(Cl)o2)n1. The Hall–Kier alpha value is -1.67. The minimum absolute atomic E-state index is 0.00285. The number of halogens is 1. The first kappa shape index (κ1) is 13.8. The highest BCUT2D eigenvalue weighted by atomic mass is 35.5. The molecule has 102 valence electrons. The van der Waals surface area contributed by atoms with Crippen LogP contribution in [0.25, 0.3) is 0 Å². The van der Waals surface area contributed by atoms with Crippen LogP contribution in [0.15, 0.2) is 27.8 Å². The third-order valence-corrected chi connectivity index (χ3v) is 3.96. The number of hydrogen-bond acceptors (Lipinski definition) is 6. The molecule has 0 saturated heterocycles. The van der Waals surface area contributed by atoms with Gasteiger partial charge in [-0.15, -0.1) is 0 Å². The third-order valence-electron chi connectivity index (χ3n) is 2.28. The Labute approximate surface area is 114 Å². The fourth-order valence-electron chi connectivity index (χ4n) is 1.36. The van der Waals surface area contributed by atoms with Gasteiger partial charge in [-0.1, -0.05) is 0 Å². The second kappa shape index (κ2) is 5.14. The fraction of sp³-hybridized carbons (Fsp3) is 0.300. The second-order valence-electron chi connectivity index (χ2n) is 3.66. The summed E-state index contributed by atoms with van der Waals surface area (Å²) < 4.78 is 28.6. The van der Waals surface area contributed by atoms with Crippen LogP contribution in [-0.4, -0.2) is 34.9 Å². The van der Waals surface area contributed by atoms with E-state index in [4.69, 9.17) is 16.0 Å². The van der Waals surface area contributed by atoms with Gasteiger partial charge >= 0.3 is 0 Å². The molecule has 0 spiro atoms. The van der Waals surface area contributed by atoms with E-state index in [2.05, 4.69) is 10.2 Å². The molecule has 2 rings (SSSR count). The molecule has 0 atom stereocenters. The largest absolute Gasteiger partial charge is 0.433 e. The summed E-state index contributed by atoms with van der Waals surface area (Å²) in [5.41, 5.74) is 0.00285. The fourth-order valence-corrected chi connectivity index (χ4v) is 2.68. The van der Waals surface area contributed by atoms with Crippen LogP contribution in [0, 0.1) is 0 Å². The molecule has 0 aliphatic rings. The molecule has 0 aromatic carbocycles. The summed E-state index contributed by atoms with van der Waals surface area (Å²) in [5, 5.41) is 7.26. The summed E-state index contributed by atoms with van der Waals surface area (Å²) in [5.74, 6) is -1.38. The first-order chi connectivity index (χ1) is 8.92. The number of carbonyl (C=O) groups excluding carboxylic acids is 1. The van der Waals surface area contributed by atoms with E-state index in [9.17, 15) is 13.2 Å². The molecule has 0 saturated carbocycles.